The molecule has 5 rings (SSSR count). The second kappa shape index (κ2) is 11.4. The lowest BCUT2D eigenvalue weighted by atomic mass is 9.97. The molecule has 0 radical (unpaired) electrons. The number of nitrogens with zero attached hydrogens (tertiary/aromatic N) is 2. The first-order valence-electron chi connectivity index (χ1n) is 15.2. The lowest BCUT2D eigenvalue weighted by molar-refractivity contribution is -0.115. The molecule has 1 aliphatic heterocycles. The number of hydrogen-bond donors (Lipinski definition) is 2. The summed E-state index contributed by atoms with van der Waals surface area (Å²) < 4.78 is 61.0. The molecule has 1 saturated carbocycles. The van der Waals surface area contributed by atoms with Gasteiger partial charge in [-0.05, 0) is 37.0 Å². The number of rotatable bonds is 11. The number of nitrogens with one attached hydrogen (secondary N) is 2. The van der Waals surface area contributed by atoms with Crippen molar-refractivity contribution < 1.29 is 27.2 Å². The second-order valence-electron chi connectivity index (χ2n) is 9.47. The van der Waals surface area contributed by atoms with Crippen molar-refractivity contribution in [3.8, 4) is 22.8 Å². The minimum absolute atomic E-state index is 0.0331. The Balaban J connectivity index is 1.58. The first-order chi connectivity index (χ1) is 20.7. The number of ketones is 1. The summed E-state index contributed by atoms with van der Waals surface area (Å²) in [6, 6.07) is 4.40. The van der Waals surface area contributed by atoms with Gasteiger partial charge in [-0.1, -0.05) is 29.8 Å². The maximum absolute atomic E-state index is 12.0. The van der Waals surface area contributed by atoms with Crippen LogP contribution in [0.15, 0.2) is 37.1 Å². The van der Waals surface area contributed by atoms with E-state index >= 15 is 0 Å². The summed E-state index contributed by atoms with van der Waals surface area (Å²) in [5.41, 5.74) is 0.248. The highest BCUT2D eigenvalue weighted by Crippen LogP contribution is 2.46. The van der Waals surface area contributed by atoms with Crippen LogP contribution in [0.4, 0.5) is 11.6 Å². The highest BCUT2D eigenvalue weighted by molar-refractivity contribution is 6.41. The van der Waals surface area contributed by atoms with Crippen molar-refractivity contribution >= 4 is 51.4 Å². The quantitative estimate of drug-likeness (QED) is 0.274. The molecule has 3 heterocycles. The third-order valence-electron chi connectivity index (χ3n) is 6.80. The highest BCUT2D eigenvalue weighted by atomic mass is 35.5. The molecular weight excluding hydrogens is 527 g/mol. The maximum atomic E-state index is 12.0. The van der Waals surface area contributed by atoms with Crippen LogP contribution < -0.4 is 20.1 Å². The fourth-order valence-electron chi connectivity index (χ4n) is 4.50. The van der Waals surface area contributed by atoms with Crippen molar-refractivity contribution in [1.82, 2.24) is 9.97 Å². The molecule has 3 aromatic rings. The van der Waals surface area contributed by atoms with Gasteiger partial charge in [-0.2, -0.15) is 0 Å². The number of anilines is 2. The Bertz CT molecular complexity index is 1540. The van der Waals surface area contributed by atoms with Crippen molar-refractivity contribution in [2.75, 3.05) is 44.5 Å². The molecule has 38 heavy (non-hydrogen) atoms. The number of ether oxygens (including phenoxy) is 3. The van der Waals surface area contributed by atoms with E-state index in [4.69, 9.17) is 50.6 Å². The number of benzene rings is 1. The molecule has 10 heteroatoms. The number of allylic oxidation sites excluding steroid dienone is 1. The van der Waals surface area contributed by atoms with Crippen LogP contribution in [0.1, 0.15) is 27.5 Å². The Hall–Kier alpha value is -3.07. The molecule has 8 nitrogen and oxygen atoms in total. The van der Waals surface area contributed by atoms with E-state index in [0.29, 0.717) is 49.1 Å². The zero-order valence-corrected chi connectivity index (χ0v) is 21.9. The number of aromatic nitrogens is 2. The summed E-state index contributed by atoms with van der Waals surface area (Å²) in [6.45, 7) is 5.08. The van der Waals surface area contributed by atoms with Crippen LogP contribution >= 0.6 is 23.2 Å². The predicted molar refractivity (Wildman–Crippen MR) is 151 cm³/mol. The van der Waals surface area contributed by atoms with E-state index in [2.05, 4.69) is 22.2 Å². The molecule has 2 atom stereocenters. The summed E-state index contributed by atoms with van der Waals surface area (Å²) in [4.78, 5) is 21.3. The van der Waals surface area contributed by atoms with Gasteiger partial charge in [0, 0.05) is 47.5 Å². The van der Waals surface area contributed by atoms with Gasteiger partial charge >= 0.3 is 0 Å². The van der Waals surface area contributed by atoms with Crippen LogP contribution in [-0.4, -0.2) is 55.6 Å². The average Bonchev–Trinajstić information content (AvgIpc) is 3.67. The molecule has 2 N–H and O–H groups in total. The lowest BCUT2D eigenvalue weighted by Crippen LogP contribution is -2.29. The van der Waals surface area contributed by atoms with E-state index < -0.39 is 14.1 Å². The van der Waals surface area contributed by atoms with Gasteiger partial charge in [0.25, 0.3) is 0 Å². The van der Waals surface area contributed by atoms with E-state index in [9.17, 15) is 4.79 Å². The normalized spacial score (nSPS) is 21.8. The van der Waals surface area contributed by atoms with Crippen LogP contribution in [-0.2, 0) is 9.53 Å². The van der Waals surface area contributed by atoms with Gasteiger partial charge < -0.3 is 24.8 Å². The van der Waals surface area contributed by atoms with Gasteiger partial charge in [-0.25, -0.2) is 9.97 Å². The zero-order valence-electron chi connectivity index (χ0n) is 26.4. The number of fused-ring (bicyclic) bond motifs is 1. The molecule has 2 aliphatic rings. The van der Waals surface area contributed by atoms with Crippen LogP contribution in [0.25, 0.3) is 22.0 Å². The topological polar surface area (TPSA) is 94.6 Å². The number of carbonyl (C=O) groups is 1. The largest absolute Gasteiger partial charge is 0.495 e. The van der Waals surface area contributed by atoms with Crippen LogP contribution in [0.3, 0.4) is 0 Å². The van der Waals surface area contributed by atoms with Gasteiger partial charge in [-0.3, -0.25) is 4.79 Å². The molecule has 1 saturated heterocycles. The van der Waals surface area contributed by atoms with Crippen LogP contribution in [0, 0.1) is 11.8 Å². The zero-order chi connectivity index (χ0) is 31.8. The summed E-state index contributed by atoms with van der Waals surface area (Å²) in [5, 5.41) is 7.78. The minimum Gasteiger partial charge on any atom is -0.495 e. The minimum atomic E-state index is -2.89. The Labute approximate surface area is 240 Å². The molecule has 2 fully saturated rings. The molecule has 1 aromatic carbocycles. The van der Waals surface area contributed by atoms with Gasteiger partial charge in [0.2, 0.25) is 0 Å². The van der Waals surface area contributed by atoms with Crippen molar-refractivity contribution in [1.29, 1.82) is 0 Å². The third kappa shape index (κ3) is 5.53. The molecule has 0 bridgehead atoms. The molecule has 200 valence electrons. The van der Waals surface area contributed by atoms with Crippen LogP contribution in [0.5, 0.6) is 11.5 Å². The Morgan fingerprint density at radius 2 is 1.97 bits per heavy atom. The van der Waals surface area contributed by atoms with Crippen molar-refractivity contribution in [2.45, 2.75) is 25.3 Å². The Morgan fingerprint density at radius 3 is 2.66 bits per heavy atom. The summed E-state index contributed by atoms with van der Waals surface area (Å²) in [7, 11) is -5.79. The second-order valence-corrected chi connectivity index (χ2v) is 10.2. The molecule has 0 unspecified atom stereocenters. The van der Waals surface area contributed by atoms with E-state index in [-0.39, 0.29) is 50.5 Å². The molecular formula is C28H30Cl2N4O4. The Kier molecular flexibility index (Phi) is 5.95. The van der Waals surface area contributed by atoms with Crippen molar-refractivity contribution in [2.24, 2.45) is 11.8 Å². The maximum Gasteiger partial charge on any atom is 0.155 e. The molecule has 0 spiro atoms. The Morgan fingerprint density at radius 1 is 1.21 bits per heavy atom. The number of pyridine rings is 2. The van der Waals surface area contributed by atoms with E-state index in [1.165, 1.54) is 6.08 Å². The average molecular weight is 564 g/mol. The summed E-state index contributed by atoms with van der Waals surface area (Å²) in [5.74, 6) is 0.762. The van der Waals surface area contributed by atoms with E-state index in [1.807, 2.05) is 6.07 Å². The molecule has 2 aromatic heterocycles. The van der Waals surface area contributed by atoms with E-state index in [1.54, 1.807) is 12.3 Å². The monoisotopic (exact) mass is 562 g/mol. The van der Waals surface area contributed by atoms with Crippen molar-refractivity contribution in [3.05, 3.63) is 47.1 Å². The third-order valence-corrected chi connectivity index (χ3v) is 7.55. The van der Waals surface area contributed by atoms with Crippen molar-refractivity contribution in [3.63, 3.8) is 0 Å². The van der Waals surface area contributed by atoms with Gasteiger partial charge in [-0.15, -0.1) is 0 Å². The predicted octanol–water partition coefficient (Wildman–Crippen LogP) is 6.01. The number of carbonyl (C=O) groups excluding carboxylic acids is 1. The lowest BCUT2D eigenvalue weighted by Gasteiger charge is -2.20. The number of methoxy groups -OCH3 is 2. The first-order valence-corrected chi connectivity index (χ1v) is 12.9. The fraction of sp³-hybridized carbons (Fsp3) is 0.393. The number of hydrogen-bond acceptors (Lipinski definition) is 8. The van der Waals surface area contributed by atoms with Gasteiger partial charge in [0.15, 0.2) is 5.78 Å². The smallest absolute Gasteiger partial charge is 0.155 e. The SMILES string of the molecule is [2H]C([2H])([2H])Oc1cc(OC([2H])([2H])[2H])c(Cl)c(-c2cc3cnc(N[C@@H]4COC[C@@H]4CC(=O)C=C)cc3c(NCC3CC3)n2)c1Cl. The van der Waals surface area contributed by atoms with Gasteiger partial charge in [0.1, 0.15) is 23.1 Å². The van der Waals surface area contributed by atoms with E-state index in [0.717, 1.165) is 24.3 Å². The first kappa shape index (κ1) is 19.9. The van der Waals surface area contributed by atoms with Gasteiger partial charge in [0.05, 0.1) is 57.3 Å². The molecule has 0 amide bonds. The standard InChI is InChI=1S/C28H30Cl2N4O4/c1-4-18(35)7-17-13-38-14-21(17)33-24-9-19-16(12-31-24)8-20(34-28(19)32-11-15-5-6-15)25-26(29)22(36-2)10-23(37-3)27(25)30/h4,8-10,12,15,17,21H,1,5-7,11,13-14H2,2-3H3,(H,31,33)(H,32,34)/t17-,21+/m0/s1/i2D3,3D3. The summed E-state index contributed by atoms with van der Waals surface area (Å²) in [6.07, 6.45) is 5.44. The summed E-state index contributed by atoms with van der Waals surface area (Å²) >= 11 is 13.3. The number of halogens is 2. The highest BCUT2D eigenvalue weighted by Gasteiger charge is 2.30. The molecule has 1 aliphatic carbocycles. The van der Waals surface area contributed by atoms with Crippen LogP contribution in [0.2, 0.25) is 10.0 Å². The fourth-order valence-corrected chi connectivity index (χ4v) is 5.12.